The summed E-state index contributed by atoms with van der Waals surface area (Å²) >= 11 is 0. The maximum atomic E-state index is 14.1. The highest BCUT2D eigenvalue weighted by atomic mass is 19.1. The molecule has 4 nitrogen and oxygen atoms in total. The number of halogens is 1. The van der Waals surface area contributed by atoms with Crippen LogP contribution in [0.4, 0.5) is 9.18 Å². The van der Waals surface area contributed by atoms with Gasteiger partial charge in [0.15, 0.2) is 5.67 Å². The lowest BCUT2D eigenvalue weighted by Gasteiger charge is -2.29. The molecule has 0 spiro atoms. The van der Waals surface area contributed by atoms with Crippen LogP contribution < -0.4 is 5.32 Å². The molecule has 19 heavy (non-hydrogen) atoms. The fraction of sp³-hybridized carbons (Fsp3) is 0.500. The number of hydrogen-bond acceptors (Lipinski definition) is 3. The van der Waals surface area contributed by atoms with Crippen molar-refractivity contribution in [3.63, 3.8) is 0 Å². The van der Waals surface area contributed by atoms with Gasteiger partial charge in [-0.2, -0.15) is 0 Å². The molecule has 1 aromatic rings. The first-order valence-electron chi connectivity index (χ1n) is 6.39. The second kappa shape index (κ2) is 6.52. The number of rotatable bonds is 4. The maximum Gasteiger partial charge on any atom is 0.407 e. The van der Waals surface area contributed by atoms with Crippen LogP contribution in [-0.2, 0) is 16.1 Å². The van der Waals surface area contributed by atoms with Gasteiger partial charge in [0.2, 0.25) is 0 Å². The van der Waals surface area contributed by atoms with E-state index in [0.717, 1.165) is 5.56 Å². The van der Waals surface area contributed by atoms with Gasteiger partial charge in [-0.1, -0.05) is 30.3 Å². The van der Waals surface area contributed by atoms with E-state index in [4.69, 9.17) is 9.47 Å². The van der Waals surface area contributed by atoms with Crippen molar-refractivity contribution in [2.45, 2.75) is 25.1 Å². The quantitative estimate of drug-likeness (QED) is 0.911. The molecule has 0 unspecified atom stereocenters. The molecule has 1 N–H and O–H groups in total. The van der Waals surface area contributed by atoms with Crippen molar-refractivity contribution < 1.29 is 18.7 Å². The molecule has 1 heterocycles. The van der Waals surface area contributed by atoms with Crippen molar-refractivity contribution in [1.82, 2.24) is 5.32 Å². The molecule has 1 aromatic carbocycles. The zero-order valence-electron chi connectivity index (χ0n) is 10.7. The molecule has 5 heteroatoms. The number of alkyl carbamates (subject to hydrolysis) is 1. The fourth-order valence-electron chi connectivity index (χ4n) is 1.96. The highest BCUT2D eigenvalue weighted by Gasteiger charge is 2.33. The van der Waals surface area contributed by atoms with Gasteiger partial charge in [0, 0.05) is 6.61 Å². The van der Waals surface area contributed by atoms with Crippen LogP contribution in [0.15, 0.2) is 30.3 Å². The zero-order chi connectivity index (χ0) is 13.6. The first-order chi connectivity index (χ1) is 9.18. The lowest BCUT2D eigenvalue weighted by molar-refractivity contribution is -0.0300. The van der Waals surface area contributed by atoms with Gasteiger partial charge in [-0.3, -0.25) is 0 Å². The highest BCUT2D eigenvalue weighted by Crippen LogP contribution is 2.22. The molecule has 0 aliphatic carbocycles. The third-order valence-corrected chi connectivity index (χ3v) is 3.04. The van der Waals surface area contributed by atoms with E-state index in [1.807, 2.05) is 30.3 Å². The maximum absolute atomic E-state index is 14.1. The van der Waals surface area contributed by atoms with Crippen LogP contribution >= 0.6 is 0 Å². The summed E-state index contributed by atoms with van der Waals surface area (Å²) in [6.45, 7) is 0.735. The van der Waals surface area contributed by atoms with Crippen molar-refractivity contribution in [1.29, 1.82) is 0 Å². The third-order valence-electron chi connectivity index (χ3n) is 3.04. The Morgan fingerprint density at radius 2 is 2.21 bits per heavy atom. The SMILES string of the molecule is O=C(NC[C@@]1(F)CCCOC1)OCc1ccccc1. The van der Waals surface area contributed by atoms with Gasteiger partial charge in [-0.05, 0) is 18.4 Å². The Bertz CT molecular complexity index is 404. The lowest BCUT2D eigenvalue weighted by Crippen LogP contribution is -2.45. The largest absolute Gasteiger partial charge is 0.445 e. The minimum atomic E-state index is -1.47. The molecule has 1 amide bonds. The van der Waals surface area contributed by atoms with Gasteiger partial charge in [-0.25, -0.2) is 9.18 Å². The molecule has 1 fully saturated rings. The van der Waals surface area contributed by atoms with Crippen LogP contribution in [0.25, 0.3) is 0 Å². The Labute approximate surface area is 111 Å². The summed E-state index contributed by atoms with van der Waals surface area (Å²) < 4.78 is 24.2. The Kier molecular flexibility index (Phi) is 4.74. The van der Waals surface area contributed by atoms with Crippen molar-refractivity contribution in [2.24, 2.45) is 0 Å². The van der Waals surface area contributed by atoms with Crippen LogP contribution in [-0.4, -0.2) is 31.5 Å². The smallest absolute Gasteiger partial charge is 0.407 e. The number of ether oxygens (including phenoxy) is 2. The van der Waals surface area contributed by atoms with Gasteiger partial charge in [-0.15, -0.1) is 0 Å². The van der Waals surface area contributed by atoms with Crippen LogP contribution in [0.1, 0.15) is 18.4 Å². The van der Waals surface area contributed by atoms with Crippen molar-refractivity contribution in [3.05, 3.63) is 35.9 Å². The van der Waals surface area contributed by atoms with E-state index in [-0.39, 0.29) is 19.8 Å². The molecule has 0 aromatic heterocycles. The standard InChI is InChI=1S/C14H18FNO3/c15-14(7-4-8-18-11-14)10-16-13(17)19-9-12-5-2-1-3-6-12/h1-3,5-6H,4,7-11H2,(H,16,17)/t14-/m0/s1. The summed E-state index contributed by atoms with van der Waals surface area (Å²) in [5.74, 6) is 0. The summed E-state index contributed by atoms with van der Waals surface area (Å²) in [4.78, 5) is 11.5. The topological polar surface area (TPSA) is 47.6 Å². The van der Waals surface area contributed by atoms with E-state index < -0.39 is 11.8 Å². The number of benzene rings is 1. The second-order valence-corrected chi connectivity index (χ2v) is 4.72. The van der Waals surface area contributed by atoms with E-state index in [1.165, 1.54) is 0 Å². The predicted molar refractivity (Wildman–Crippen MR) is 68.5 cm³/mol. The normalized spacial score (nSPS) is 22.8. The summed E-state index contributed by atoms with van der Waals surface area (Å²) in [6, 6.07) is 9.34. The lowest BCUT2D eigenvalue weighted by atomic mass is 9.99. The minimum absolute atomic E-state index is 0.0337. The van der Waals surface area contributed by atoms with E-state index in [1.54, 1.807) is 0 Å². The van der Waals surface area contributed by atoms with E-state index in [9.17, 15) is 9.18 Å². The van der Waals surface area contributed by atoms with Crippen LogP contribution in [0, 0.1) is 0 Å². The van der Waals surface area contributed by atoms with E-state index in [2.05, 4.69) is 5.32 Å². The predicted octanol–water partition coefficient (Wildman–Crippen LogP) is 2.43. The number of carbonyl (C=O) groups excluding carboxylic acids is 1. The number of alkyl halides is 1. The van der Waals surface area contributed by atoms with Gasteiger partial charge in [0.05, 0.1) is 13.2 Å². The average Bonchev–Trinajstić information content (AvgIpc) is 2.45. The number of nitrogens with one attached hydrogen (secondary N) is 1. The molecule has 1 aliphatic rings. The summed E-state index contributed by atoms with van der Waals surface area (Å²) in [7, 11) is 0. The third kappa shape index (κ3) is 4.52. The second-order valence-electron chi connectivity index (χ2n) is 4.72. The van der Waals surface area contributed by atoms with Gasteiger partial charge >= 0.3 is 6.09 Å². The van der Waals surface area contributed by atoms with Crippen LogP contribution in [0.5, 0.6) is 0 Å². The zero-order valence-corrected chi connectivity index (χ0v) is 10.7. The molecule has 0 bridgehead atoms. The Balaban J connectivity index is 1.70. The molecule has 1 saturated heterocycles. The molecule has 1 atom stereocenters. The molecular weight excluding hydrogens is 249 g/mol. The molecule has 0 radical (unpaired) electrons. The minimum Gasteiger partial charge on any atom is -0.445 e. The van der Waals surface area contributed by atoms with Crippen molar-refractivity contribution in [3.8, 4) is 0 Å². The highest BCUT2D eigenvalue weighted by molar-refractivity contribution is 5.67. The number of carbonyl (C=O) groups is 1. The molecule has 104 valence electrons. The summed E-state index contributed by atoms with van der Waals surface area (Å²) in [6.07, 6.45) is 0.481. The van der Waals surface area contributed by atoms with Gasteiger partial charge in [0.25, 0.3) is 0 Å². The first-order valence-corrected chi connectivity index (χ1v) is 6.39. The Morgan fingerprint density at radius 3 is 2.89 bits per heavy atom. The van der Waals surface area contributed by atoms with Gasteiger partial charge < -0.3 is 14.8 Å². The molecule has 0 saturated carbocycles. The van der Waals surface area contributed by atoms with Crippen molar-refractivity contribution in [2.75, 3.05) is 19.8 Å². The summed E-state index contributed by atoms with van der Waals surface area (Å²) in [5.41, 5.74) is -0.571. The average molecular weight is 267 g/mol. The van der Waals surface area contributed by atoms with Gasteiger partial charge in [0.1, 0.15) is 6.61 Å². The van der Waals surface area contributed by atoms with Crippen LogP contribution in [0.3, 0.4) is 0 Å². The first kappa shape index (κ1) is 13.8. The monoisotopic (exact) mass is 267 g/mol. The molecule has 1 aliphatic heterocycles. The summed E-state index contributed by atoms with van der Waals surface area (Å²) in [5, 5.41) is 2.45. The van der Waals surface area contributed by atoms with Crippen LogP contribution in [0.2, 0.25) is 0 Å². The van der Waals surface area contributed by atoms with E-state index >= 15 is 0 Å². The fourth-order valence-corrected chi connectivity index (χ4v) is 1.96. The Morgan fingerprint density at radius 1 is 1.42 bits per heavy atom. The number of hydrogen-bond donors (Lipinski definition) is 1. The molecular formula is C14H18FNO3. The Hall–Kier alpha value is -1.62. The van der Waals surface area contributed by atoms with E-state index in [0.29, 0.717) is 19.4 Å². The number of amides is 1. The molecule has 2 rings (SSSR count). The van der Waals surface area contributed by atoms with Crippen molar-refractivity contribution >= 4 is 6.09 Å².